The molecule has 8 heteroatoms. The van der Waals surface area contributed by atoms with Crippen LogP contribution in [-0.2, 0) is 11.3 Å². The molecule has 2 heterocycles. The van der Waals surface area contributed by atoms with Crippen LogP contribution in [0.4, 0.5) is 0 Å². The van der Waals surface area contributed by atoms with Crippen LogP contribution in [-0.4, -0.2) is 11.8 Å². The molecule has 4 rings (SSSR count). The third-order valence-electron chi connectivity index (χ3n) is 4.92. The number of hydrogen-bond acceptors (Lipinski definition) is 4. The number of aryl methyl sites for hydroxylation is 1. The number of amides is 2. The van der Waals surface area contributed by atoms with E-state index in [-0.39, 0.29) is 12.2 Å². The Morgan fingerprint density at radius 1 is 1.00 bits per heavy atom. The van der Waals surface area contributed by atoms with Gasteiger partial charge >= 0.3 is 0 Å². The first-order chi connectivity index (χ1) is 16.4. The second kappa shape index (κ2) is 10.5. The van der Waals surface area contributed by atoms with E-state index in [0.29, 0.717) is 38.5 Å². The van der Waals surface area contributed by atoms with Gasteiger partial charge in [0.15, 0.2) is 0 Å². The lowest BCUT2D eigenvalue weighted by molar-refractivity contribution is -0.118. The standard InChI is InChI=1S/C26H20Cl2N2O4/c1-16-4-6-17(7-5-16)25(31)30-23(26(32)29-15-20-3-2-12-33-20)14-19-9-11-24(34-19)21-13-18(27)8-10-22(21)28/h2-14H,15H2,1H3,(H,29,32)(H,30,31)/b23-14-. The molecule has 2 aromatic heterocycles. The summed E-state index contributed by atoms with van der Waals surface area (Å²) in [5.41, 5.74) is 2.06. The highest BCUT2D eigenvalue weighted by Crippen LogP contribution is 2.32. The fourth-order valence-corrected chi connectivity index (χ4v) is 3.52. The molecular weight excluding hydrogens is 475 g/mol. The molecule has 172 valence electrons. The van der Waals surface area contributed by atoms with Crippen LogP contribution < -0.4 is 10.6 Å². The summed E-state index contributed by atoms with van der Waals surface area (Å²) in [7, 11) is 0. The van der Waals surface area contributed by atoms with E-state index in [1.54, 1.807) is 54.6 Å². The van der Waals surface area contributed by atoms with Crippen LogP contribution in [0.2, 0.25) is 10.0 Å². The highest BCUT2D eigenvalue weighted by atomic mass is 35.5. The van der Waals surface area contributed by atoms with Crippen molar-refractivity contribution in [3.8, 4) is 11.3 Å². The molecule has 0 aliphatic heterocycles. The zero-order chi connectivity index (χ0) is 24.1. The SMILES string of the molecule is Cc1ccc(C(=O)N/C(=C\c2ccc(-c3cc(Cl)ccc3Cl)o2)C(=O)NCc2ccco2)cc1. The topological polar surface area (TPSA) is 84.5 Å². The number of carbonyl (C=O) groups excluding carboxylic acids is 2. The smallest absolute Gasteiger partial charge is 0.268 e. The first-order valence-electron chi connectivity index (χ1n) is 10.3. The van der Waals surface area contributed by atoms with Gasteiger partial charge < -0.3 is 19.5 Å². The second-order valence-corrected chi connectivity index (χ2v) is 8.31. The molecule has 6 nitrogen and oxygen atoms in total. The third-order valence-corrected chi connectivity index (χ3v) is 5.48. The monoisotopic (exact) mass is 494 g/mol. The molecule has 2 aromatic carbocycles. The first kappa shape index (κ1) is 23.4. The third kappa shape index (κ3) is 5.78. The number of carbonyl (C=O) groups is 2. The minimum absolute atomic E-state index is 0.00946. The van der Waals surface area contributed by atoms with Gasteiger partial charge in [-0.15, -0.1) is 0 Å². The minimum Gasteiger partial charge on any atom is -0.467 e. The van der Waals surface area contributed by atoms with Crippen LogP contribution in [0.1, 0.15) is 27.4 Å². The molecule has 0 aliphatic rings. The molecule has 0 saturated heterocycles. The van der Waals surface area contributed by atoms with Gasteiger partial charge in [0.25, 0.3) is 11.8 Å². The predicted octanol–water partition coefficient (Wildman–Crippen LogP) is 6.24. The Hall–Kier alpha value is -3.74. The predicted molar refractivity (Wildman–Crippen MR) is 131 cm³/mol. The minimum atomic E-state index is -0.504. The fourth-order valence-electron chi connectivity index (χ4n) is 3.14. The molecule has 2 amide bonds. The van der Waals surface area contributed by atoms with E-state index in [1.165, 1.54) is 12.3 Å². The van der Waals surface area contributed by atoms with Gasteiger partial charge in [-0.1, -0.05) is 40.9 Å². The van der Waals surface area contributed by atoms with E-state index >= 15 is 0 Å². The number of nitrogens with one attached hydrogen (secondary N) is 2. The zero-order valence-electron chi connectivity index (χ0n) is 18.1. The van der Waals surface area contributed by atoms with E-state index in [1.807, 2.05) is 19.1 Å². The maximum atomic E-state index is 12.9. The van der Waals surface area contributed by atoms with Crippen molar-refractivity contribution < 1.29 is 18.4 Å². The highest BCUT2D eigenvalue weighted by Gasteiger charge is 2.17. The first-order valence-corrected chi connectivity index (χ1v) is 11.1. The largest absolute Gasteiger partial charge is 0.467 e. The number of hydrogen-bond donors (Lipinski definition) is 2. The molecule has 34 heavy (non-hydrogen) atoms. The maximum absolute atomic E-state index is 12.9. The van der Waals surface area contributed by atoms with Gasteiger partial charge in [0.2, 0.25) is 0 Å². The Balaban J connectivity index is 1.60. The lowest BCUT2D eigenvalue weighted by atomic mass is 10.1. The Bertz CT molecular complexity index is 1340. The maximum Gasteiger partial charge on any atom is 0.268 e. The van der Waals surface area contributed by atoms with Crippen molar-refractivity contribution in [3.63, 3.8) is 0 Å². The Labute approximate surface area is 206 Å². The Kier molecular flexibility index (Phi) is 7.21. The second-order valence-electron chi connectivity index (χ2n) is 7.47. The molecule has 0 fully saturated rings. The lowest BCUT2D eigenvalue weighted by Gasteiger charge is -2.10. The van der Waals surface area contributed by atoms with Crippen molar-refractivity contribution in [2.45, 2.75) is 13.5 Å². The van der Waals surface area contributed by atoms with Gasteiger partial charge in [0, 0.05) is 22.2 Å². The van der Waals surface area contributed by atoms with Crippen LogP contribution in [0.3, 0.4) is 0 Å². The summed E-state index contributed by atoms with van der Waals surface area (Å²) in [6.07, 6.45) is 2.97. The van der Waals surface area contributed by atoms with Gasteiger partial charge in [-0.3, -0.25) is 9.59 Å². The summed E-state index contributed by atoms with van der Waals surface area (Å²) in [5.74, 6) is 0.463. The van der Waals surface area contributed by atoms with E-state index in [2.05, 4.69) is 10.6 Å². The molecular formula is C26H20Cl2N2O4. The van der Waals surface area contributed by atoms with Crippen LogP contribution in [0.15, 0.2) is 87.5 Å². The summed E-state index contributed by atoms with van der Waals surface area (Å²) in [6.45, 7) is 2.08. The molecule has 0 saturated carbocycles. The van der Waals surface area contributed by atoms with Crippen LogP contribution >= 0.6 is 23.2 Å². The Morgan fingerprint density at radius 3 is 2.53 bits per heavy atom. The van der Waals surface area contributed by atoms with Crippen LogP contribution in [0.5, 0.6) is 0 Å². The van der Waals surface area contributed by atoms with Crippen molar-refractivity contribution in [1.29, 1.82) is 0 Å². The van der Waals surface area contributed by atoms with Crippen molar-refractivity contribution >= 4 is 41.1 Å². The van der Waals surface area contributed by atoms with E-state index in [4.69, 9.17) is 32.0 Å². The molecule has 0 spiro atoms. The molecule has 0 atom stereocenters. The lowest BCUT2D eigenvalue weighted by Crippen LogP contribution is -2.34. The Morgan fingerprint density at radius 2 is 1.79 bits per heavy atom. The molecule has 2 N–H and O–H groups in total. The fraction of sp³-hybridized carbons (Fsp3) is 0.0769. The summed E-state index contributed by atoms with van der Waals surface area (Å²) in [4.78, 5) is 25.7. The average molecular weight is 495 g/mol. The number of halogens is 2. The van der Waals surface area contributed by atoms with Crippen LogP contribution in [0.25, 0.3) is 17.4 Å². The summed E-state index contributed by atoms with van der Waals surface area (Å²) in [6, 6.07) is 18.9. The van der Waals surface area contributed by atoms with Crippen molar-refractivity contribution in [1.82, 2.24) is 10.6 Å². The normalized spacial score (nSPS) is 11.3. The van der Waals surface area contributed by atoms with E-state index < -0.39 is 11.8 Å². The van der Waals surface area contributed by atoms with Gasteiger partial charge in [-0.05, 0) is 61.5 Å². The van der Waals surface area contributed by atoms with Gasteiger partial charge in [0.1, 0.15) is 23.0 Å². The highest BCUT2D eigenvalue weighted by molar-refractivity contribution is 6.35. The van der Waals surface area contributed by atoms with Gasteiger partial charge in [0.05, 0.1) is 17.8 Å². The van der Waals surface area contributed by atoms with Crippen LogP contribution in [0, 0.1) is 6.92 Å². The summed E-state index contributed by atoms with van der Waals surface area (Å²) in [5, 5.41) is 6.38. The average Bonchev–Trinajstić information content (AvgIpc) is 3.51. The van der Waals surface area contributed by atoms with Gasteiger partial charge in [-0.25, -0.2) is 0 Å². The van der Waals surface area contributed by atoms with Gasteiger partial charge in [-0.2, -0.15) is 0 Å². The van der Waals surface area contributed by atoms with Crippen molar-refractivity contribution in [3.05, 3.63) is 111 Å². The number of furan rings is 2. The quantitative estimate of drug-likeness (QED) is 0.297. The summed E-state index contributed by atoms with van der Waals surface area (Å²) >= 11 is 12.4. The molecule has 0 unspecified atom stereocenters. The number of benzene rings is 2. The number of rotatable bonds is 7. The molecule has 0 bridgehead atoms. The van der Waals surface area contributed by atoms with E-state index in [0.717, 1.165) is 5.56 Å². The molecule has 0 radical (unpaired) electrons. The van der Waals surface area contributed by atoms with Crippen molar-refractivity contribution in [2.75, 3.05) is 0 Å². The summed E-state index contributed by atoms with van der Waals surface area (Å²) < 4.78 is 11.1. The van der Waals surface area contributed by atoms with Crippen molar-refractivity contribution in [2.24, 2.45) is 0 Å². The van der Waals surface area contributed by atoms with E-state index in [9.17, 15) is 9.59 Å². The molecule has 0 aliphatic carbocycles. The zero-order valence-corrected chi connectivity index (χ0v) is 19.6. The molecule has 4 aromatic rings.